The highest BCUT2D eigenvalue weighted by Crippen LogP contribution is 2.15. The first-order valence-corrected chi connectivity index (χ1v) is 4.93. The summed E-state index contributed by atoms with van der Waals surface area (Å²) in [6.45, 7) is 3.49. The van der Waals surface area contributed by atoms with Crippen molar-refractivity contribution in [3.8, 4) is 6.07 Å². The van der Waals surface area contributed by atoms with Crippen molar-refractivity contribution in [1.82, 2.24) is 4.98 Å². The van der Waals surface area contributed by atoms with Crippen LogP contribution in [0.25, 0.3) is 0 Å². The first kappa shape index (κ1) is 11.8. The number of aromatic nitrogens is 1. The Kier molecular flexibility index (Phi) is 3.89. The lowest BCUT2D eigenvalue weighted by Crippen LogP contribution is -2.28. The van der Waals surface area contributed by atoms with Crippen LogP contribution in [-0.2, 0) is 0 Å². The lowest BCUT2D eigenvalue weighted by Gasteiger charge is -2.17. The number of hydrogen-bond acceptors (Lipinski definition) is 4. The second-order valence-electron chi connectivity index (χ2n) is 3.35. The van der Waals surface area contributed by atoms with Gasteiger partial charge in [0.2, 0.25) is 0 Å². The molecular weight excluding hydrogens is 214 g/mol. The van der Waals surface area contributed by atoms with E-state index in [-0.39, 0.29) is 11.2 Å². The number of pyridine rings is 1. The van der Waals surface area contributed by atoms with Crippen LogP contribution in [-0.4, -0.2) is 22.2 Å². The molecule has 15 heavy (non-hydrogen) atoms. The fraction of sp³-hybridized carbons (Fsp3) is 0.400. The van der Waals surface area contributed by atoms with Crippen molar-refractivity contribution in [3.63, 3.8) is 0 Å². The van der Waals surface area contributed by atoms with Crippen LogP contribution in [0.1, 0.15) is 19.4 Å². The molecule has 1 heterocycles. The highest BCUT2D eigenvalue weighted by molar-refractivity contribution is 6.29. The predicted octanol–water partition coefficient (Wildman–Crippen LogP) is 1.79. The second kappa shape index (κ2) is 4.96. The minimum absolute atomic E-state index is 0.150. The number of halogens is 1. The smallest absolute Gasteiger partial charge is 0.132 e. The Bertz CT molecular complexity index is 387. The summed E-state index contributed by atoms with van der Waals surface area (Å²) in [4.78, 5) is 4.00. The molecule has 0 aliphatic rings. The van der Waals surface area contributed by atoms with Crippen molar-refractivity contribution in [2.75, 3.05) is 5.32 Å². The van der Waals surface area contributed by atoms with Gasteiger partial charge in [0, 0.05) is 0 Å². The Hall–Kier alpha value is -1.31. The Morgan fingerprint density at radius 3 is 2.73 bits per heavy atom. The van der Waals surface area contributed by atoms with Gasteiger partial charge in [-0.2, -0.15) is 5.26 Å². The summed E-state index contributed by atoms with van der Waals surface area (Å²) in [6, 6.07) is 4.91. The molecule has 0 aliphatic carbocycles. The number of aliphatic hydroxyl groups is 1. The van der Waals surface area contributed by atoms with Gasteiger partial charge >= 0.3 is 0 Å². The summed E-state index contributed by atoms with van der Waals surface area (Å²) in [5.74, 6) is 0.493. The Labute approximate surface area is 93.5 Å². The maximum Gasteiger partial charge on any atom is 0.132 e. The number of hydrogen-bond donors (Lipinski definition) is 2. The predicted molar refractivity (Wildman–Crippen MR) is 58.7 cm³/mol. The molecule has 2 unspecified atom stereocenters. The molecule has 1 aromatic heterocycles. The first-order valence-electron chi connectivity index (χ1n) is 4.55. The van der Waals surface area contributed by atoms with Gasteiger partial charge in [-0.3, -0.25) is 0 Å². The summed E-state index contributed by atoms with van der Waals surface area (Å²) in [7, 11) is 0. The zero-order valence-corrected chi connectivity index (χ0v) is 9.28. The van der Waals surface area contributed by atoms with Crippen LogP contribution >= 0.6 is 11.6 Å². The molecule has 0 radical (unpaired) electrons. The fourth-order valence-electron chi connectivity index (χ4n) is 0.989. The number of rotatable bonds is 3. The summed E-state index contributed by atoms with van der Waals surface area (Å²) in [6.07, 6.45) is -0.503. The first-order chi connectivity index (χ1) is 7.02. The average Bonchev–Trinajstić information content (AvgIpc) is 2.16. The third-order valence-corrected chi connectivity index (χ3v) is 2.22. The number of nitrogens with one attached hydrogen (secondary N) is 1. The summed E-state index contributed by atoms with van der Waals surface area (Å²) >= 11 is 5.73. The monoisotopic (exact) mass is 225 g/mol. The van der Waals surface area contributed by atoms with E-state index >= 15 is 0 Å². The Morgan fingerprint density at radius 1 is 1.53 bits per heavy atom. The van der Waals surface area contributed by atoms with E-state index in [1.807, 2.05) is 13.0 Å². The number of nitriles is 1. The lowest BCUT2D eigenvalue weighted by atomic mass is 10.2. The summed E-state index contributed by atoms with van der Waals surface area (Å²) < 4.78 is 0. The molecular formula is C10H12ClN3O. The Balaban J connectivity index is 2.87. The van der Waals surface area contributed by atoms with Gasteiger partial charge < -0.3 is 10.4 Å². The maximum absolute atomic E-state index is 9.29. The standard InChI is InChI=1S/C10H12ClN3O/c1-6(7(2)15)13-10-4-8(5-12)3-9(11)14-10/h3-4,6-7,15H,1-2H3,(H,13,14). The van der Waals surface area contributed by atoms with Crippen LogP contribution < -0.4 is 5.32 Å². The number of nitrogens with zero attached hydrogens (tertiary/aromatic N) is 2. The minimum atomic E-state index is -0.503. The van der Waals surface area contributed by atoms with Crippen molar-refractivity contribution >= 4 is 17.4 Å². The Morgan fingerprint density at radius 2 is 2.20 bits per heavy atom. The van der Waals surface area contributed by atoms with Crippen LogP contribution in [0, 0.1) is 11.3 Å². The molecule has 1 rings (SSSR count). The molecule has 2 N–H and O–H groups in total. The molecule has 0 saturated heterocycles. The topological polar surface area (TPSA) is 68.9 Å². The lowest BCUT2D eigenvalue weighted by molar-refractivity contribution is 0.177. The van der Waals surface area contributed by atoms with Crippen LogP contribution in [0.2, 0.25) is 5.15 Å². The van der Waals surface area contributed by atoms with Gasteiger partial charge in [0.05, 0.1) is 23.8 Å². The molecule has 0 aliphatic heterocycles. The van der Waals surface area contributed by atoms with Crippen LogP contribution in [0.5, 0.6) is 0 Å². The molecule has 0 saturated carbocycles. The van der Waals surface area contributed by atoms with Gasteiger partial charge in [0.25, 0.3) is 0 Å². The van der Waals surface area contributed by atoms with E-state index in [0.29, 0.717) is 11.4 Å². The van der Waals surface area contributed by atoms with Crippen molar-refractivity contribution in [2.45, 2.75) is 26.0 Å². The molecule has 0 aromatic carbocycles. The molecule has 5 heteroatoms. The van der Waals surface area contributed by atoms with E-state index in [1.54, 1.807) is 13.0 Å². The van der Waals surface area contributed by atoms with Gasteiger partial charge in [0.15, 0.2) is 0 Å². The number of anilines is 1. The third-order valence-electron chi connectivity index (χ3n) is 2.02. The van der Waals surface area contributed by atoms with E-state index < -0.39 is 6.10 Å². The summed E-state index contributed by atoms with van der Waals surface area (Å²) in [5.41, 5.74) is 0.440. The van der Waals surface area contributed by atoms with Crippen molar-refractivity contribution in [1.29, 1.82) is 5.26 Å². The quantitative estimate of drug-likeness (QED) is 0.770. The molecule has 0 fully saturated rings. The highest BCUT2D eigenvalue weighted by atomic mass is 35.5. The van der Waals surface area contributed by atoms with E-state index in [1.165, 1.54) is 6.07 Å². The molecule has 80 valence electrons. The van der Waals surface area contributed by atoms with Crippen molar-refractivity contribution in [3.05, 3.63) is 22.8 Å². The van der Waals surface area contributed by atoms with Gasteiger partial charge in [-0.15, -0.1) is 0 Å². The van der Waals surface area contributed by atoms with Crippen molar-refractivity contribution < 1.29 is 5.11 Å². The fourth-order valence-corrected chi connectivity index (χ4v) is 1.20. The number of aliphatic hydroxyl groups excluding tert-OH is 1. The van der Waals surface area contributed by atoms with Gasteiger partial charge in [-0.25, -0.2) is 4.98 Å². The van der Waals surface area contributed by atoms with Crippen LogP contribution in [0.15, 0.2) is 12.1 Å². The average molecular weight is 226 g/mol. The molecule has 0 amide bonds. The summed E-state index contributed by atoms with van der Waals surface area (Å²) in [5, 5.41) is 21.2. The van der Waals surface area contributed by atoms with Gasteiger partial charge in [0.1, 0.15) is 11.0 Å². The highest BCUT2D eigenvalue weighted by Gasteiger charge is 2.09. The SMILES string of the molecule is CC(O)C(C)Nc1cc(C#N)cc(Cl)n1. The van der Waals surface area contributed by atoms with E-state index in [9.17, 15) is 5.11 Å². The molecule has 4 nitrogen and oxygen atoms in total. The molecule has 0 bridgehead atoms. The van der Waals surface area contributed by atoms with E-state index in [2.05, 4.69) is 10.3 Å². The molecule has 1 aromatic rings. The van der Waals surface area contributed by atoms with Crippen LogP contribution in [0.4, 0.5) is 5.82 Å². The maximum atomic E-state index is 9.29. The third kappa shape index (κ3) is 3.39. The zero-order chi connectivity index (χ0) is 11.4. The molecule has 0 spiro atoms. The van der Waals surface area contributed by atoms with E-state index in [0.717, 1.165) is 0 Å². The van der Waals surface area contributed by atoms with Crippen LogP contribution in [0.3, 0.4) is 0 Å². The zero-order valence-electron chi connectivity index (χ0n) is 8.53. The minimum Gasteiger partial charge on any atom is -0.391 e. The largest absolute Gasteiger partial charge is 0.391 e. The van der Waals surface area contributed by atoms with Gasteiger partial charge in [-0.1, -0.05) is 11.6 Å². The van der Waals surface area contributed by atoms with Gasteiger partial charge in [-0.05, 0) is 26.0 Å². The molecule has 2 atom stereocenters. The normalized spacial score (nSPS) is 14.1. The second-order valence-corrected chi connectivity index (χ2v) is 3.74. The van der Waals surface area contributed by atoms with Crippen molar-refractivity contribution in [2.24, 2.45) is 0 Å². The van der Waals surface area contributed by atoms with E-state index in [4.69, 9.17) is 16.9 Å².